The zero-order valence-electron chi connectivity index (χ0n) is 11.2. The topological polar surface area (TPSA) is 73.7 Å². The van der Waals surface area contributed by atoms with E-state index in [0.29, 0.717) is 31.7 Å². The van der Waals surface area contributed by atoms with Crippen LogP contribution in [0.5, 0.6) is 5.75 Å². The van der Waals surface area contributed by atoms with Crippen LogP contribution < -0.4 is 0 Å². The van der Waals surface area contributed by atoms with Gasteiger partial charge in [0.1, 0.15) is 5.75 Å². The fourth-order valence-corrected chi connectivity index (χ4v) is 2.45. The van der Waals surface area contributed by atoms with Crippen LogP contribution in [0.1, 0.15) is 23.2 Å². The van der Waals surface area contributed by atoms with Crippen LogP contribution in [-0.2, 0) is 4.79 Å². The molecule has 6 nitrogen and oxygen atoms in total. The van der Waals surface area contributed by atoms with Gasteiger partial charge >= 0.3 is 0 Å². The summed E-state index contributed by atoms with van der Waals surface area (Å²) >= 11 is 0. The average Bonchev–Trinajstić information content (AvgIpc) is 3.30. The summed E-state index contributed by atoms with van der Waals surface area (Å²) in [6, 6.07) is 1.41. The van der Waals surface area contributed by atoms with E-state index in [1.165, 1.54) is 18.5 Å². The molecule has 20 heavy (non-hydrogen) atoms. The Labute approximate surface area is 117 Å². The van der Waals surface area contributed by atoms with Gasteiger partial charge in [-0.05, 0) is 18.9 Å². The molecule has 1 aromatic heterocycles. The molecular weight excluding hydrogens is 258 g/mol. The van der Waals surface area contributed by atoms with Crippen LogP contribution >= 0.6 is 0 Å². The summed E-state index contributed by atoms with van der Waals surface area (Å²) in [5.74, 6) is 0.300. The molecule has 2 aliphatic rings. The van der Waals surface area contributed by atoms with E-state index in [1.807, 2.05) is 4.90 Å². The van der Waals surface area contributed by atoms with E-state index >= 15 is 0 Å². The van der Waals surface area contributed by atoms with Crippen molar-refractivity contribution < 1.29 is 14.7 Å². The van der Waals surface area contributed by atoms with Crippen molar-refractivity contribution in [3.05, 3.63) is 24.0 Å². The number of nitrogens with zero attached hydrogens (tertiary/aromatic N) is 3. The van der Waals surface area contributed by atoms with Crippen LogP contribution in [-0.4, -0.2) is 57.9 Å². The first kappa shape index (κ1) is 12.9. The third-order valence-corrected chi connectivity index (χ3v) is 3.78. The van der Waals surface area contributed by atoms with Crippen molar-refractivity contribution >= 4 is 11.8 Å². The van der Waals surface area contributed by atoms with Crippen LogP contribution in [0.3, 0.4) is 0 Å². The molecule has 0 aromatic carbocycles. The van der Waals surface area contributed by atoms with E-state index in [2.05, 4.69) is 4.98 Å². The maximum atomic E-state index is 12.2. The molecule has 0 atom stereocenters. The Morgan fingerprint density at radius 1 is 1.10 bits per heavy atom. The molecule has 0 radical (unpaired) electrons. The number of hydrogen-bond acceptors (Lipinski definition) is 4. The lowest BCUT2D eigenvalue weighted by atomic mass is 10.2. The highest BCUT2D eigenvalue weighted by atomic mass is 16.3. The van der Waals surface area contributed by atoms with Crippen molar-refractivity contribution in [2.45, 2.75) is 12.8 Å². The lowest BCUT2D eigenvalue weighted by Gasteiger charge is -2.34. The average molecular weight is 275 g/mol. The van der Waals surface area contributed by atoms with E-state index in [9.17, 15) is 14.7 Å². The van der Waals surface area contributed by atoms with E-state index in [-0.39, 0.29) is 23.5 Å². The second-order valence-electron chi connectivity index (χ2n) is 5.32. The van der Waals surface area contributed by atoms with Gasteiger partial charge in [0.2, 0.25) is 5.91 Å². The molecule has 0 unspecified atom stereocenters. The predicted molar refractivity (Wildman–Crippen MR) is 71.1 cm³/mol. The highest BCUT2D eigenvalue weighted by Crippen LogP contribution is 2.31. The van der Waals surface area contributed by atoms with Gasteiger partial charge < -0.3 is 14.9 Å². The smallest absolute Gasteiger partial charge is 0.255 e. The Hall–Kier alpha value is -2.11. The Balaban J connectivity index is 1.60. The number of hydrogen-bond donors (Lipinski definition) is 1. The number of pyridine rings is 1. The van der Waals surface area contributed by atoms with Crippen LogP contribution in [0.25, 0.3) is 0 Å². The van der Waals surface area contributed by atoms with Gasteiger partial charge in [0, 0.05) is 38.3 Å². The molecule has 1 aliphatic heterocycles. The Morgan fingerprint density at radius 2 is 1.75 bits per heavy atom. The lowest BCUT2D eigenvalue weighted by Crippen LogP contribution is -2.51. The summed E-state index contributed by atoms with van der Waals surface area (Å²) in [6.07, 6.45) is 4.76. The zero-order chi connectivity index (χ0) is 14.1. The van der Waals surface area contributed by atoms with Gasteiger partial charge in [0.05, 0.1) is 11.8 Å². The van der Waals surface area contributed by atoms with Crippen molar-refractivity contribution in [2.75, 3.05) is 26.2 Å². The minimum Gasteiger partial charge on any atom is -0.506 e. The van der Waals surface area contributed by atoms with E-state index < -0.39 is 0 Å². The Kier molecular flexibility index (Phi) is 3.30. The fraction of sp³-hybridized carbons (Fsp3) is 0.500. The number of aromatic hydroxyl groups is 1. The van der Waals surface area contributed by atoms with Crippen LogP contribution in [0, 0.1) is 5.92 Å². The maximum absolute atomic E-state index is 12.2. The van der Waals surface area contributed by atoms with Gasteiger partial charge in [0.15, 0.2) is 0 Å². The summed E-state index contributed by atoms with van der Waals surface area (Å²) in [5, 5.41) is 9.36. The number of aromatic nitrogens is 1. The van der Waals surface area contributed by atoms with Crippen molar-refractivity contribution in [2.24, 2.45) is 5.92 Å². The standard InChI is InChI=1S/C14H17N3O3/c18-12-7-11(8-15-9-12)14(20)17-5-3-16(4-6-17)13(19)10-1-2-10/h7-10,18H,1-6H2. The Bertz CT molecular complexity index is 534. The molecule has 1 aromatic rings. The summed E-state index contributed by atoms with van der Waals surface area (Å²) in [6.45, 7) is 2.25. The zero-order valence-corrected chi connectivity index (χ0v) is 11.2. The second-order valence-corrected chi connectivity index (χ2v) is 5.32. The van der Waals surface area contributed by atoms with Crippen molar-refractivity contribution in [3.63, 3.8) is 0 Å². The van der Waals surface area contributed by atoms with Crippen molar-refractivity contribution in [3.8, 4) is 5.75 Å². The summed E-state index contributed by atoms with van der Waals surface area (Å²) in [7, 11) is 0. The SMILES string of the molecule is O=C(c1cncc(O)c1)N1CCN(C(=O)C2CC2)CC1. The molecule has 1 saturated heterocycles. The molecule has 1 aliphatic carbocycles. The number of carbonyl (C=O) groups is 2. The normalized spacial score (nSPS) is 19.0. The van der Waals surface area contributed by atoms with E-state index in [0.717, 1.165) is 12.8 Å². The molecule has 1 saturated carbocycles. The monoisotopic (exact) mass is 275 g/mol. The maximum Gasteiger partial charge on any atom is 0.255 e. The third-order valence-electron chi connectivity index (χ3n) is 3.78. The molecule has 2 amide bonds. The predicted octanol–water partition coefficient (Wildman–Crippen LogP) is 0.482. The highest BCUT2D eigenvalue weighted by molar-refractivity contribution is 5.94. The number of rotatable bonds is 2. The van der Waals surface area contributed by atoms with Gasteiger partial charge in [0.25, 0.3) is 5.91 Å². The fourth-order valence-electron chi connectivity index (χ4n) is 2.45. The largest absolute Gasteiger partial charge is 0.506 e. The van der Waals surface area contributed by atoms with Gasteiger partial charge in [-0.1, -0.05) is 0 Å². The summed E-state index contributed by atoms with van der Waals surface area (Å²) in [5.41, 5.74) is 0.381. The quantitative estimate of drug-likeness (QED) is 0.852. The third kappa shape index (κ3) is 2.59. The first-order chi connectivity index (χ1) is 9.65. The summed E-state index contributed by atoms with van der Waals surface area (Å²) < 4.78 is 0. The molecule has 106 valence electrons. The molecule has 1 N–H and O–H groups in total. The molecule has 0 bridgehead atoms. The van der Waals surface area contributed by atoms with Gasteiger partial charge in [-0.3, -0.25) is 14.6 Å². The van der Waals surface area contributed by atoms with Crippen LogP contribution in [0.2, 0.25) is 0 Å². The molecule has 2 fully saturated rings. The minimum absolute atomic E-state index is 0.0154. The number of carbonyl (C=O) groups excluding carboxylic acids is 2. The first-order valence-electron chi connectivity index (χ1n) is 6.87. The van der Waals surface area contributed by atoms with Crippen LogP contribution in [0.15, 0.2) is 18.5 Å². The molecule has 6 heteroatoms. The van der Waals surface area contributed by atoms with Crippen molar-refractivity contribution in [1.82, 2.24) is 14.8 Å². The second kappa shape index (κ2) is 5.11. The van der Waals surface area contributed by atoms with E-state index in [1.54, 1.807) is 4.90 Å². The molecule has 3 rings (SSSR count). The number of amides is 2. The molecular formula is C14H17N3O3. The van der Waals surface area contributed by atoms with Crippen molar-refractivity contribution in [1.29, 1.82) is 0 Å². The lowest BCUT2D eigenvalue weighted by molar-refractivity contribution is -0.134. The van der Waals surface area contributed by atoms with E-state index in [4.69, 9.17) is 0 Å². The van der Waals surface area contributed by atoms with Gasteiger partial charge in [-0.2, -0.15) is 0 Å². The highest BCUT2D eigenvalue weighted by Gasteiger charge is 2.35. The van der Waals surface area contributed by atoms with Gasteiger partial charge in [-0.25, -0.2) is 0 Å². The van der Waals surface area contributed by atoms with Gasteiger partial charge in [-0.15, -0.1) is 0 Å². The Morgan fingerprint density at radius 3 is 2.35 bits per heavy atom. The minimum atomic E-state index is -0.146. The van der Waals surface area contributed by atoms with Crippen LogP contribution in [0.4, 0.5) is 0 Å². The first-order valence-corrected chi connectivity index (χ1v) is 6.87. The molecule has 0 spiro atoms. The summed E-state index contributed by atoms with van der Waals surface area (Å²) in [4.78, 5) is 31.5. The number of piperazine rings is 1. The molecule has 2 heterocycles.